The lowest BCUT2D eigenvalue weighted by Crippen LogP contribution is -2.27. The molecular weight excluding hydrogens is 677 g/mol. The summed E-state index contributed by atoms with van der Waals surface area (Å²) in [5.74, 6) is -0.517. The number of phosphoric acid groups is 1. The second-order valence-corrected chi connectivity index (χ2v) is 16.1. The number of hydrogen-bond donors (Lipinski definition) is 3. The van der Waals surface area contributed by atoms with Gasteiger partial charge in [0.15, 0.2) is 0 Å². The highest BCUT2D eigenvalue weighted by Crippen LogP contribution is 2.42. The molecule has 0 aliphatic carbocycles. The van der Waals surface area contributed by atoms with E-state index in [9.17, 15) is 24.2 Å². The minimum atomic E-state index is -4.41. The van der Waals surface area contributed by atoms with Crippen LogP contribution in [0.1, 0.15) is 213 Å². The van der Waals surface area contributed by atoms with Gasteiger partial charge in [-0.1, -0.05) is 174 Å². The van der Waals surface area contributed by atoms with E-state index in [1.54, 1.807) is 0 Å². The van der Waals surface area contributed by atoms with Gasteiger partial charge in [-0.05, 0) is 38.5 Å². The number of unbranched alkanes of at least 4 members (excludes halogenated alkanes) is 26. The second-order valence-electron chi connectivity index (χ2n) is 14.7. The normalized spacial score (nSPS) is 13.4. The Hall–Kier alpha value is -1.25. The van der Waals surface area contributed by atoms with Crippen LogP contribution in [0.4, 0.5) is 0 Å². The summed E-state index contributed by atoms with van der Waals surface area (Å²) in [4.78, 5) is 33.9. The number of carbonyl (C=O) groups is 2. The highest BCUT2D eigenvalue weighted by molar-refractivity contribution is 7.47. The average molecular weight is 760 g/mol. The van der Waals surface area contributed by atoms with Crippen molar-refractivity contribution in [1.29, 1.82) is 0 Å². The van der Waals surface area contributed by atoms with E-state index < -0.39 is 26.5 Å². The van der Waals surface area contributed by atoms with Crippen LogP contribution in [0.3, 0.4) is 0 Å². The summed E-state index contributed by atoms with van der Waals surface area (Å²) >= 11 is 0. The van der Waals surface area contributed by atoms with Gasteiger partial charge < -0.3 is 20.1 Å². The number of rotatable bonds is 41. The molecule has 0 heterocycles. The minimum absolute atomic E-state index is 0.0805. The highest BCUT2D eigenvalue weighted by Gasteiger charge is 2.23. The zero-order chi connectivity index (χ0) is 38.2. The topological polar surface area (TPSA) is 131 Å². The number of phosphoric ester groups is 1. The third-order valence-corrected chi connectivity index (χ3v) is 10.4. The minimum Gasteiger partial charge on any atom is -0.463 e. The lowest BCUT2D eigenvalue weighted by molar-refractivity contribution is -0.147. The molecule has 0 fully saturated rings. The Labute approximate surface area is 319 Å². The maximum Gasteiger partial charge on any atom is 0.472 e. The van der Waals surface area contributed by atoms with Crippen molar-refractivity contribution in [1.82, 2.24) is 5.32 Å². The van der Waals surface area contributed by atoms with E-state index in [0.29, 0.717) is 6.42 Å². The summed E-state index contributed by atoms with van der Waals surface area (Å²) < 4.78 is 26.8. The van der Waals surface area contributed by atoms with E-state index in [1.165, 1.54) is 135 Å². The molecule has 2 atom stereocenters. The Morgan fingerprint density at radius 3 is 1.46 bits per heavy atom. The molecule has 2 unspecified atom stereocenters. The summed E-state index contributed by atoms with van der Waals surface area (Å²) in [7, 11) is -4.41. The first-order chi connectivity index (χ1) is 25.3. The van der Waals surface area contributed by atoms with E-state index in [2.05, 4.69) is 31.3 Å². The number of nitrogens with one attached hydrogen (secondary N) is 1. The van der Waals surface area contributed by atoms with Crippen molar-refractivity contribution in [3.8, 4) is 0 Å². The number of carbonyl (C=O) groups excluding carboxylic acids is 2. The summed E-state index contributed by atoms with van der Waals surface area (Å²) in [6.07, 6.45) is 40.0. The van der Waals surface area contributed by atoms with Crippen LogP contribution < -0.4 is 5.32 Å². The molecule has 0 aliphatic rings. The van der Waals surface area contributed by atoms with E-state index in [4.69, 9.17) is 13.8 Å². The van der Waals surface area contributed by atoms with Gasteiger partial charge in [-0.2, -0.15) is 0 Å². The van der Waals surface area contributed by atoms with Gasteiger partial charge in [-0.3, -0.25) is 18.6 Å². The van der Waals surface area contributed by atoms with E-state index in [-0.39, 0.29) is 32.1 Å². The molecule has 308 valence electrons. The van der Waals surface area contributed by atoms with Crippen molar-refractivity contribution in [3.05, 3.63) is 12.2 Å². The Balaban J connectivity index is 3.57. The average Bonchev–Trinajstić information content (AvgIpc) is 3.13. The van der Waals surface area contributed by atoms with Crippen molar-refractivity contribution in [2.45, 2.75) is 219 Å². The zero-order valence-corrected chi connectivity index (χ0v) is 34.7. The molecule has 0 bridgehead atoms. The van der Waals surface area contributed by atoms with Gasteiger partial charge in [0.2, 0.25) is 5.91 Å². The van der Waals surface area contributed by atoms with Gasteiger partial charge in [0, 0.05) is 19.4 Å². The monoisotopic (exact) mass is 760 g/mol. The largest absolute Gasteiger partial charge is 0.472 e. The lowest BCUT2D eigenvalue weighted by Gasteiger charge is -2.15. The van der Waals surface area contributed by atoms with Crippen molar-refractivity contribution >= 4 is 19.7 Å². The molecule has 0 aliphatic heterocycles. The van der Waals surface area contributed by atoms with Gasteiger partial charge in [0.1, 0.15) is 12.7 Å². The first-order valence-corrected chi connectivity index (χ1v) is 23.2. The molecule has 1 amide bonds. The van der Waals surface area contributed by atoms with Gasteiger partial charge in [-0.25, -0.2) is 4.57 Å². The maximum absolute atomic E-state index is 12.1. The van der Waals surface area contributed by atoms with E-state index in [0.717, 1.165) is 51.4 Å². The van der Waals surface area contributed by atoms with Gasteiger partial charge >= 0.3 is 13.8 Å². The summed E-state index contributed by atoms with van der Waals surface area (Å²) in [6, 6.07) is 0. The number of allylic oxidation sites excluding steroid dienone is 2. The Kier molecular flexibility index (Phi) is 38.5. The van der Waals surface area contributed by atoms with Crippen LogP contribution in [0.15, 0.2) is 12.2 Å². The molecule has 0 aromatic carbocycles. The first-order valence-electron chi connectivity index (χ1n) is 21.7. The van der Waals surface area contributed by atoms with Gasteiger partial charge in [0.05, 0.1) is 13.2 Å². The quantitative estimate of drug-likeness (QED) is 0.0243. The number of ether oxygens (including phenoxy) is 1. The summed E-state index contributed by atoms with van der Waals surface area (Å²) in [6.45, 7) is 3.55. The molecule has 10 heteroatoms. The highest BCUT2D eigenvalue weighted by atomic mass is 31.2. The molecular formula is C42H82NO8P. The number of aliphatic hydroxyl groups is 1. The first kappa shape index (κ1) is 50.8. The van der Waals surface area contributed by atoms with E-state index in [1.807, 2.05) is 0 Å². The van der Waals surface area contributed by atoms with Crippen LogP contribution in [-0.4, -0.2) is 54.3 Å². The summed E-state index contributed by atoms with van der Waals surface area (Å²) in [5, 5.41) is 12.7. The van der Waals surface area contributed by atoms with Crippen LogP contribution in [0.25, 0.3) is 0 Å². The number of aliphatic hydroxyl groups excluding tert-OH is 1. The number of amides is 1. The predicted octanol–water partition coefficient (Wildman–Crippen LogP) is 11.8. The molecule has 9 nitrogen and oxygen atoms in total. The third kappa shape index (κ3) is 39.9. The second kappa shape index (κ2) is 39.4. The molecule has 52 heavy (non-hydrogen) atoms. The smallest absolute Gasteiger partial charge is 0.463 e. The van der Waals surface area contributed by atoms with Crippen molar-refractivity contribution in [3.63, 3.8) is 0 Å². The van der Waals surface area contributed by atoms with Crippen LogP contribution >= 0.6 is 7.82 Å². The van der Waals surface area contributed by atoms with E-state index >= 15 is 0 Å². The fraction of sp³-hybridized carbons (Fsp3) is 0.905. The Morgan fingerprint density at radius 2 is 0.981 bits per heavy atom. The Bertz CT molecular complexity index is 871. The molecule has 0 aromatic rings. The van der Waals surface area contributed by atoms with Crippen LogP contribution in [-0.2, 0) is 27.9 Å². The third-order valence-electron chi connectivity index (χ3n) is 9.45. The predicted molar refractivity (Wildman–Crippen MR) is 215 cm³/mol. The standard InChI is InChI=1S/C42H82NO8P/c1-3-5-7-9-11-13-15-17-18-19-20-21-23-25-27-29-31-33-35-42(46)49-38-40(44)39-51-52(47,48)50-37-36-43-41(45)34-32-30-28-26-24-22-16-14-12-10-8-6-4-2/h14,16,40,44H,3-13,15,17-39H2,1-2H3,(H,43,45)(H,47,48)/b16-14-. The molecule has 0 saturated heterocycles. The maximum atomic E-state index is 12.1. The van der Waals surface area contributed by atoms with Crippen molar-refractivity contribution in [2.24, 2.45) is 0 Å². The van der Waals surface area contributed by atoms with Crippen LogP contribution in [0.2, 0.25) is 0 Å². The van der Waals surface area contributed by atoms with Gasteiger partial charge in [0.25, 0.3) is 0 Å². The number of hydrogen-bond acceptors (Lipinski definition) is 7. The SMILES string of the molecule is CCCCCC/C=C\CCCCCCCC(=O)NCCOP(=O)(O)OCC(O)COC(=O)CCCCCCCCCCCCCCCCCCCC. The number of esters is 1. The van der Waals surface area contributed by atoms with Crippen molar-refractivity contribution < 1.29 is 37.9 Å². The molecule has 0 radical (unpaired) electrons. The summed E-state index contributed by atoms with van der Waals surface area (Å²) in [5.41, 5.74) is 0. The molecule has 0 rings (SSSR count). The molecule has 0 spiro atoms. The lowest BCUT2D eigenvalue weighted by atomic mass is 10.0. The Morgan fingerprint density at radius 1 is 0.577 bits per heavy atom. The molecule has 3 N–H and O–H groups in total. The van der Waals surface area contributed by atoms with Crippen LogP contribution in [0.5, 0.6) is 0 Å². The fourth-order valence-electron chi connectivity index (χ4n) is 6.14. The molecule has 0 aromatic heterocycles. The fourth-order valence-corrected chi connectivity index (χ4v) is 6.90. The van der Waals surface area contributed by atoms with Crippen molar-refractivity contribution in [2.75, 3.05) is 26.4 Å². The van der Waals surface area contributed by atoms with Gasteiger partial charge in [-0.15, -0.1) is 0 Å². The molecule has 0 saturated carbocycles. The zero-order valence-electron chi connectivity index (χ0n) is 33.8. The van der Waals surface area contributed by atoms with Crippen LogP contribution in [0, 0.1) is 0 Å².